The van der Waals surface area contributed by atoms with Crippen molar-refractivity contribution in [2.45, 2.75) is 58.4 Å². The molecule has 0 heterocycles. The molecule has 2 unspecified atom stereocenters. The van der Waals surface area contributed by atoms with Crippen LogP contribution in [-0.4, -0.2) is 17.3 Å². The first-order valence-corrected chi connectivity index (χ1v) is 7.99. The Kier molecular flexibility index (Phi) is 5.09. The van der Waals surface area contributed by atoms with Gasteiger partial charge in [0.05, 0.1) is 12.1 Å². The smallest absolute Gasteiger partial charge is 0.0661 e. The third-order valence-corrected chi connectivity index (χ3v) is 4.60. The molecule has 2 rings (SSSR count). The molecule has 1 fully saturated rings. The first kappa shape index (κ1) is 15.4. The van der Waals surface area contributed by atoms with E-state index in [1.54, 1.807) is 0 Å². The molecule has 2 nitrogen and oxygen atoms in total. The molecule has 0 aromatic heterocycles. The van der Waals surface area contributed by atoms with Crippen LogP contribution < -0.4 is 5.32 Å². The standard InChI is InChI=1S/C18H29NO/c1-14(2)11-16-8-6-10-18(12-16,13-20)19-17-9-5-4-7-15(17)3/h4-5,7,9,14,16,19-20H,6,8,10-13H2,1-3H3. The van der Waals surface area contributed by atoms with E-state index in [9.17, 15) is 5.11 Å². The molecule has 0 spiro atoms. The molecule has 1 aromatic rings. The number of hydrogen-bond acceptors (Lipinski definition) is 2. The number of anilines is 1. The van der Waals surface area contributed by atoms with Crippen molar-refractivity contribution in [1.29, 1.82) is 0 Å². The van der Waals surface area contributed by atoms with Crippen LogP contribution in [0.5, 0.6) is 0 Å². The van der Waals surface area contributed by atoms with Gasteiger partial charge >= 0.3 is 0 Å². The van der Waals surface area contributed by atoms with E-state index in [0.29, 0.717) is 0 Å². The molecule has 0 aliphatic heterocycles. The molecular formula is C18H29NO. The van der Waals surface area contributed by atoms with E-state index in [4.69, 9.17) is 0 Å². The number of aryl methyl sites for hydroxylation is 1. The van der Waals surface area contributed by atoms with Crippen molar-refractivity contribution < 1.29 is 5.11 Å². The van der Waals surface area contributed by atoms with Gasteiger partial charge in [-0.25, -0.2) is 0 Å². The quantitative estimate of drug-likeness (QED) is 0.836. The van der Waals surface area contributed by atoms with E-state index < -0.39 is 0 Å². The minimum atomic E-state index is -0.121. The molecule has 2 atom stereocenters. The molecule has 20 heavy (non-hydrogen) atoms. The van der Waals surface area contributed by atoms with Crippen LogP contribution in [0.2, 0.25) is 0 Å². The lowest BCUT2D eigenvalue weighted by atomic mass is 9.73. The Morgan fingerprint density at radius 3 is 2.75 bits per heavy atom. The largest absolute Gasteiger partial charge is 0.394 e. The minimum absolute atomic E-state index is 0.121. The Bertz CT molecular complexity index is 429. The van der Waals surface area contributed by atoms with Gasteiger partial charge in [-0.15, -0.1) is 0 Å². The van der Waals surface area contributed by atoms with Gasteiger partial charge in [0.1, 0.15) is 0 Å². The zero-order chi connectivity index (χ0) is 14.6. The summed E-state index contributed by atoms with van der Waals surface area (Å²) in [6, 6.07) is 8.38. The van der Waals surface area contributed by atoms with Crippen LogP contribution >= 0.6 is 0 Å². The Hall–Kier alpha value is -1.02. The van der Waals surface area contributed by atoms with Gasteiger partial charge in [-0.3, -0.25) is 0 Å². The number of rotatable bonds is 5. The molecule has 2 heteroatoms. The molecular weight excluding hydrogens is 246 g/mol. The monoisotopic (exact) mass is 275 g/mol. The van der Waals surface area contributed by atoms with E-state index >= 15 is 0 Å². The third kappa shape index (κ3) is 3.76. The first-order chi connectivity index (χ1) is 9.54. The average Bonchev–Trinajstić information content (AvgIpc) is 2.41. The lowest BCUT2D eigenvalue weighted by Gasteiger charge is -2.42. The number of aliphatic hydroxyl groups excluding tert-OH is 1. The van der Waals surface area contributed by atoms with Crippen LogP contribution in [-0.2, 0) is 0 Å². The highest BCUT2D eigenvalue weighted by molar-refractivity contribution is 5.52. The maximum atomic E-state index is 9.98. The fourth-order valence-electron chi connectivity index (χ4n) is 3.65. The van der Waals surface area contributed by atoms with Crippen molar-refractivity contribution in [3.63, 3.8) is 0 Å². The van der Waals surface area contributed by atoms with Gasteiger partial charge in [0.25, 0.3) is 0 Å². The van der Waals surface area contributed by atoms with Gasteiger partial charge < -0.3 is 10.4 Å². The molecule has 0 bridgehead atoms. The van der Waals surface area contributed by atoms with E-state index in [0.717, 1.165) is 24.7 Å². The van der Waals surface area contributed by atoms with Crippen molar-refractivity contribution >= 4 is 5.69 Å². The molecule has 112 valence electrons. The van der Waals surface area contributed by atoms with Crippen molar-refractivity contribution in [2.75, 3.05) is 11.9 Å². The summed E-state index contributed by atoms with van der Waals surface area (Å²) < 4.78 is 0. The fraction of sp³-hybridized carbons (Fsp3) is 0.667. The van der Waals surface area contributed by atoms with Gasteiger partial charge in [0, 0.05) is 5.69 Å². The van der Waals surface area contributed by atoms with E-state index in [-0.39, 0.29) is 12.1 Å². The Balaban J connectivity index is 2.10. The highest BCUT2D eigenvalue weighted by Crippen LogP contribution is 2.38. The molecule has 1 aliphatic carbocycles. The van der Waals surface area contributed by atoms with Crippen molar-refractivity contribution in [2.24, 2.45) is 11.8 Å². The Morgan fingerprint density at radius 2 is 2.10 bits per heavy atom. The van der Waals surface area contributed by atoms with Crippen LogP contribution in [0.4, 0.5) is 5.69 Å². The maximum absolute atomic E-state index is 9.98. The van der Waals surface area contributed by atoms with Crippen LogP contribution in [0.15, 0.2) is 24.3 Å². The SMILES string of the molecule is Cc1ccccc1NC1(CO)CCCC(CC(C)C)C1. The van der Waals surface area contributed by atoms with Crippen LogP contribution in [0.1, 0.15) is 51.5 Å². The highest BCUT2D eigenvalue weighted by atomic mass is 16.3. The maximum Gasteiger partial charge on any atom is 0.0661 e. The summed E-state index contributed by atoms with van der Waals surface area (Å²) in [5, 5.41) is 13.6. The van der Waals surface area contributed by atoms with Crippen molar-refractivity contribution in [3.8, 4) is 0 Å². The summed E-state index contributed by atoms with van der Waals surface area (Å²) in [5.74, 6) is 1.49. The average molecular weight is 275 g/mol. The van der Waals surface area contributed by atoms with Gasteiger partial charge in [-0.05, 0) is 49.7 Å². The summed E-state index contributed by atoms with van der Waals surface area (Å²) in [7, 11) is 0. The molecule has 1 aliphatic rings. The molecule has 0 saturated heterocycles. The van der Waals surface area contributed by atoms with E-state index in [2.05, 4.69) is 50.4 Å². The van der Waals surface area contributed by atoms with Gasteiger partial charge in [-0.2, -0.15) is 0 Å². The number of aliphatic hydroxyl groups is 1. The number of para-hydroxylation sites is 1. The van der Waals surface area contributed by atoms with Gasteiger partial charge in [0.15, 0.2) is 0 Å². The summed E-state index contributed by atoms with van der Waals surface area (Å²) in [6.07, 6.45) is 5.98. The fourth-order valence-corrected chi connectivity index (χ4v) is 3.65. The number of benzene rings is 1. The third-order valence-electron chi connectivity index (χ3n) is 4.60. The van der Waals surface area contributed by atoms with E-state index in [1.165, 1.54) is 30.5 Å². The Morgan fingerprint density at radius 1 is 1.35 bits per heavy atom. The van der Waals surface area contributed by atoms with Crippen LogP contribution in [0, 0.1) is 18.8 Å². The zero-order valence-corrected chi connectivity index (χ0v) is 13.2. The second-order valence-electron chi connectivity index (χ2n) is 6.97. The Labute approximate surface area is 123 Å². The van der Waals surface area contributed by atoms with Gasteiger partial charge in [-0.1, -0.05) is 44.9 Å². The molecule has 1 saturated carbocycles. The van der Waals surface area contributed by atoms with E-state index in [1.807, 2.05) is 0 Å². The summed E-state index contributed by atoms with van der Waals surface area (Å²) >= 11 is 0. The molecule has 1 aromatic carbocycles. The second kappa shape index (κ2) is 6.62. The normalized spacial score (nSPS) is 26.8. The van der Waals surface area contributed by atoms with Crippen LogP contribution in [0.3, 0.4) is 0 Å². The zero-order valence-electron chi connectivity index (χ0n) is 13.2. The predicted octanol–water partition coefficient (Wildman–Crippen LogP) is 4.37. The summed E-state index contributed by atoms with van der Waals surface area (Å²) in [5.41, 5.74) is 2.31. The summed E-state index contributed by atoms with van der Waals surface area (Å²) in [4.78, 5) is 0. The lowest BCUT2D eigenvalue weighted by molar-refractivity contribution is 0.135. The molecule has 0 radical (unpaired) electrons. The number of hydrogen-bond donors (Lipinski definition) is 2. The van der Waals surface area contributed by atoms with Crippen molar-refractivity contribution in [1.82, 2.24) is 0 Å². The van der Waals surface area contributed by atoms with Crippen LogP contribution in [0.25, 0.3) is 0 Å². The van der Waals surface area contributed by atoms with Gasteiger partial charge in [0.2, 0.25) is 0 Å². The molecule has 2 N–H and O–H groups in total. The topological polar surface area (TPSA) is 32.3 Å². The first-order valence-electron chi connectivity index (χ1n) is 7.99. The summed E-state index contributed by atoms with van der Waals surface area (Å²) in [6.45, 7) is 6.95. The second-order valence-corrected chi connectivity index (χ2v) is 6.97. The highest BCUT2D eigenvalue weighted by Gasteiger charge is 2.36. The predicted molar refractivity (Wildman–Crippen MR) is 86.0 cm³/mol. The number of nitrogens with one attached hydrogen (secondary N) is 1. The van der Waals surface area contributed by atoms with Crippen molar-refractivity contribution in [3.05, 3.63) is 29.8 Å². The molecule has 0 amide bonds. The minimum Gasteiger partial charge on any atom is -0.394 e. The lowest BCUT2D eigenvalue weighted by Crippen LogP contribution is -2.46.